The van der Waals surface area contributed by atoms with Gasteiger partial charge >= 0.3 is 5.97 Å². The Morgan fingerprint density at radius 3 is 3.20 bits per heavy atom. The van der Waals surface area contributed by atoms with Gasteiger partial charge < -0.3 is 4.74 Å². The lowest BCUT2D eigenvalue weighted by Crippen LogP contribution is -2.45. The number of hydrogen-bond donors (Lipinski definition) is 2. The van der Waals surface area contributed by atoms with Crippen molar-refractivity contribution < 1.29 is 9.53 Å². The van der Waals surface area contributed by atoms with Crippen LogP contribution in [0.5, 0.6) is 0 Å². The van der Waals surface area contributed by atoms with Gasteiger partial charge in [-0.3, -0.25) is 15.1 Å². The fourth-order valence-corrected chi connectivity index (χ4v) is 2.45. The van der Waals surface area contributed by atoms with Gasteiger partial charge in [-0.25, -0.2) is 15.8 Å². The fraction of sp³-hybridized carbons (Fsp3) is 0.615. The molecule has 0 aliphatic carbocycles. The first-order chi connectivity index (χ1) is 9.74. The lowest BCUT2D eigenvalue weighted by Gasteiger charge is -2.33. The van der Waals surface area contributed by atoms with Crippen LogP contribution in [-0.2, 0) is 16.1 Å². The van der Waals surface area contributed by atoms with Crippen molar-refractivity contribution in [3.63, 3.8) is 0 Å². The summed E-state index contributed by atoms with van der Waals surface area (Å²) in [6.07, 6.45) is 4.63. The number of nitrogens with one attached hydrogen (secondary N) is 1. The minimum absolute atomic E-state index is 0.140. The van der Waals surface area contributed by atoms with E-state index in [0.29, 0.717) is 19.1 Å². The summed E-state index contributed by atoms with van der Waals surface area (Å²) >= 11 is 0. The second kappa shape index (κ2) is 7.16. The summed E-state index contributed by atoms with van der Waals surface area (Å²) in [5.74, 6) is 5.55. The van der Waals surface area contributed by atoms with Gasteiger partial charge in [-0.05, 0) is 32.4 Å². The molecule has 0 aromatic carbocycles. The first-order valence-corrected chi connectivity index (χ1v) is 6.93. The van der Waals surface area contributed by atoms with Crippen molar-refractivity contribution in [2.24, 2.45) is 5.84 Å². The quantitative estimate of drug-likeness (QED) is 0.465. The van der Waals surface area contributed by atoms with E-state index >= 15 is 0 Å². The van der Waals surface area contributed by atoms with Crippen molar-refractivity contribution in [2.45, 2.75) is 38.8 Å². The second-order valence-electron chi connectivity index (χ2n) is 4.75. The molecule has 0 saturated carbocycles. The minimum atomic E-state index is -0.173. The highest BCUT2D eigenvalue weighted by atomic mass is 16.5. The molecule has 2 rings (SSSR count). The van der Waals surface area contributed by atoms with Crippen LogP contribution in [0.2, 0.25) is 0 Å². The molecule has 7 heteroatoms. The Morgan fingerprint density at radius 2 is 2.45 bits per heavy atom. The number of nitrogens with zero attached hydrogens (tertiary/aromatic N) is 3. The molecular weight excluding hydrogens is 258 g/mol. The van der Waals surface area contributed by atoms with E-state index < -0.39 is 0 Å². The molecule has 1 fully saturated rings. The Bertz CT molecular complexity index is 454. The number of hydrazine groups is 1. The average molecular weight is 279 g/mol. The van der Waals surface area contributed by atoms with Gasteiger partial charge in [0.2, 0.25) is 5.95 Å². The zero-order valence-corrected chi connectivity index (χ0v) is 11.7. The molecule has 1 unspecified atom stereocenters. The molecule has 2 heterocycles. The Labute approximate surface area is 118 Å². The summed E-state index contributed by atoms with van der Waals surface area (Å²) in [5.41, 5.74) is 3.26. The van der Waals surface area contributed by atoms with Gasteiger partial charge in [0.15, 0.2) is 0 Å². The molecule has 110 valence electrons. The van der Waals surface area contributed by atoms with E-state index in [1.807, 2.05) is 13.0 Å². The highest BCUT2D eigenvalue weighted by Gasteiger charge is 2.29. The molecule has 1 aromatic heterocycles. The smallest absolute Gasteiger partial charge is 0.323 e. The van der Waals surface area contributed by atoms with E-state index in [9.17, 15) is 4.79 Å². The SMILES string of the molecule is CCOC(=O)C1CCCCN1Cc1ccnc(NN)n1. The maximum atomic E-state index is 12.0. The second-order valence-corrected chi connectivity index (χ2v) is 4.75. The number of anilines is 1. The number of esters is 1. The summed E-state index contributed by atoms with van der Waals surface area (Å²) in [4.78, 5) is 22.4. The average Bonchev–Trinajstić information content (AvgIpc) is 2.48. The summed E-state index contributed by atoms with van der Waals surface area (Å²) in [6.45, 7) is 3.71. The highest BCUT2D eigenvalue weighted by molar-refractivity contribution is 5.75. The predicted molar refractivity (Wildman–Crippen MR) is 74.5 cm³/mol. The summed E-state index contributed by atoms with van der Waals surface area (Å²) in [7, 11) is 0. The van der Waals surface area contributed by atoms with Crippen LogP contribution in [0.4, 0.5) is 5.95 Å². The van der Waals surface area contributed by atoms with Crippen LogP contribution in [0, 0.1) is 0 Å². The van der Waals surface area contributed by atoms with Crippen LogP contribution in [-0.4, -0.2) is 40.0 Å². The standard InChI is InChI=1S/C13H21N5O2/c1-2-20-12(19)11-5-3-4-8-18(11)9-10-6-7-15-13(16-10)17-14/h6-7,11H,2-5,8-9,14H2,1H3,(H,15,16,17). The van der Waals surface area contributed by atoms with Crippen molar-refractivity contribution >= 4 is 11.9 Å². The molecule has 0 amide bonds. The Hall–Kier alpha value is -1.73. The zero-order valence-electron chi connectivity index (χ0n) is 11.7. The molecule has 1 saturated heterocycles. The number of rotatable bonds is 5. The third-order valence-electron chi connectivity index (χ3n) is 3.38. The van der Waals surface area contributed by atoms with Gasteiger partial charge in [-0.1, -0.05) is 6.42 Å². The van der Waals surface area contributed by atoms with Gasteiger partial charge in [0, 0.05) is 12.7 Å². The van der Waals surface area contributed by atoms with Crippen LogP contribution in [0.15, 0.2) is 12.3 Å². The van der Waals surface area contributed by atoms with Crippen LogP contribution >= 0.6 is 0 Å². The molecule has 1 aromatic rings. The van der Waals surface area contributed by atoms with Crippen molar-refractivity contribution in [1.82, 2.24) is 14.9 Å². The summed E-state index contributed by atoms with van der Waals surface area (Å²) < 4.78 is 5.15. The normalized spacial score (nSPS) is 19.6. The number of nitrogen functional groups attached to an aromatic ring is 1. The van der Waals surface area contributed by atoms with Crippen LogP contribution in [0.25, 0.3) is 0 Å². The number of aromatic nitrogens is 2. The van der Waals surface area contributed by atoms with Crippen LogP contribution in [0.1, 0.15) is 31.9 Å². The zero-order chi connectivity index (χ0) is 14.4. The van der Waals surface area contributed by atoms with Gasteiger partial charge in [0.1, 0.15) is 6.04 Å². The van der Waals surface area contributed by atoms with Crippen molar-refractivity contribution in [2.75, 3.05) is 18.6 Å². The molecule has 0 spiro atoms. The third kappa shape index (κ3) is 3.64. The van der Waals surface area contributed by atoms with Gasteiger partial charge in [-0.15, -0.1) is 0 Å². The van der Waals surface area contributed by atoms with Gasteiger partial charge in [-0.2, -0.15) is 0 Å². The molecular formula is C13H21N5O2. The van der Waals surface area contributed by atoms with Crippen LogP contribution in [0.3, 0.4) is 0 Å². The Kier molecular flexibility index (Phi) is 5.25. The molecule has 1 atom stereocenters. The van der Waals surface area contributed by atoms with E-state index in [2.05, 4.69) is 20.3 Å². The number of carbonyl (C=O) groups is 1. The number of hydrogen-bond acceptors (Lipinski definition) is 7. The maximum absolute atomic E-state index is 12.0. The molecule has 20 heavy (non-hydrogen) atoms. The number of piperidine rings is 1. The first kappa shape index (κ1) is 14.7. The van der Waals surface area contributed by atoms with E-state index in [4.69, 9.17) is 10.6 Å². The summed E-state index contributed by atoms with van der Waals surface area (Å²) in [6, 6.07) is 1.66. The number of carbonyl (C=O) groups excluding carboxylic acids is 1. The van der Waals surface area contributed by atoms with Gasteiger partial charge in [0.25, 0.3) is 0 Å². The molecule has 0 radical (unpaired) electrons. The molecule has 3 N–H and O–H groups in total. The van der Waals surface area contributed by atoms with Crippen molar-refractivity contribution in [1.29, 1.82) is 0 Å². The van der Waals surface area contributed by atoms with Crippen LogP contribution < -0.4 is 11.3 Å². The topological polar surface area (TPSA) is 93.4 Å². The highest BCUT2D eigenvalue weighted by Crippen LogP contribution is 2.20. The first-order valence-electron chi connectivity index (χ1n) is 6.93. The largest absolute Gasteiger partial charge is 0.465 e. The predicted octanol–water partition coefficient (Wildman–Crippen LogP) is 0.680. The van der Waals surface area contributed by atoms with E-state index in [-0.39, 0.29) is 12.0 Å². The molecule has 1 aliphatic heterocycles. The van der Waals surface area contributed by atoms with E-state index in [1.54, 1.807) is 6.20 Å². The Balaban J connectivity index is 2.06. The number of ether oxygens (including phenoxy) is 1. The Morgan fingerprint density at radius 1 is 1.60 bits per heavy atom. The van der Waals surface area contributed by atoms with Crippen molar-refractivity contribution in [3.05, 3.63) is 18.0 Å². The van der Waals surface area contributed by atoms with Gasteiger partial charge in [0.05, 0.1) is 12.3 Å². The number of likely N-dealkylation sites (tertiary alicyclic amines) is 1. The molecule has 0 bridgehead atoms. The monoisotopic (exact) mass is 279 g/mol. The maximum Gasteiger partial charge on any atom is 0.323 e. The number of nitrogens with two attached hydrogens (primary N) is 1. The molecule has 1 aliphatic rings. The summed E-state index contributed by atoms with van der Waals surface area (Å²) in [5, 5.41) is 0. The lowest BCUT2D eigenvalue weighted by molar-refractivity contribution is -0.151. The fourth-order valence-electron chi connectivity index (χ4n) is 2.45. The lowest BCUT2D eigenvalue weighted by atomic mass is 10.0. The minimum Gasteiger partial charge on any atom is -0.465 e. The van der Waals surface area contributed by atoms with E-state index in [1.165, 1.54) is 0 Å². The van der Waals surface area contributed by atoms with E-state index in [0.717, 1.165) is 31.5 Å². The molecule has 7 nitrogen and oxygen atoms in total. The van der Waals surface area contributed by atoms with Crippen molar-refractivity contribution in [3.8, 4) is 0 Å². The third-order valence-corrected chi connectivity index (χ3v) is 3.38.